The lowest BCUT2D eigenvalue weighted by Crippen LogP contribution is -2.57. The number of hydrogen-bond acceptors (Lipinski definition) is 16. The molecule has 1 saturated carbocycles. The molecule has 5 aliphatic rings. The lowest BCUT2D eigenvalue weighted by molar-refractivity contribution is -0.141. The maximum atomic E-state index is 13.7. The summed E-state index contributed by atoms with van der Waals surface area (Å²) in [6.07, 6.45) is 9.28. The van der Waals surface area contributed by atoms with E-state index >= 15 is 0 Å². The van der Waals surface area contributed by atoms with Crippen LogP contribution < -0.4 is 35.8 Å². The second-order valence-corrected chi connectivity index (χ2v) is 23.6. The Labute approximate surface area is 426 Å². The Morgan fingerprint density at radius 1 is 0.889 bits per heavy atom. The summed E-state index contributed by atoms with van der Waals surface area (Å²) >= 11 is 3.59. The van der Waals surface area contributed by atoms with E-state index in [1.807, 2.05) is 24.1 Å². The van der Waals surface area contributed by atoms with Crippen molar-refractivity contribution in [1.29, 1.82) is 0 Å². The van der Waals surface area contributed by atoms with Crippen LogP contribution in [-0.2, 0) is 25.4 Å². The highest BCUT2D eigenvalue weighted by Gasteiger charge is 2.46. The molecular formula is C51H58BrN12O7P. The van der Waals surface area contributed by atoms with Crippen molar-refractivity contribution in [3.8, 4) is 5.75 Å². The number of carbonyl (C=O) groups is 5. The first-order chi connectivity index (χ1) is 34.6. The molecule has 1 aliphatic carbocycles. The number of nitrogens with one attached hydrogen (secondary N) is 3. The zero-order chi connectivity index (χ0) is 50.6. The first-order valence-corrected chi connectivity index (χ1v) is 27.9. The number of nitrogens with zero attached hydrogens (tertiary/aromatic N) is 9. The van der Waals surface area contributed by atoms with E-state index < -0.39 is 36.8 Å². The molecule has 3 N–H and O–H groups in total. The van der Waals surface area contributed by atoms with Crippen molar-refractivity contribution in [1.82, 2.24) is 40.0 Å². The van der Waals surface area contributed by atoms with Gasteiger partial charge in [-0.3, -0.25) is 49.1 Å². The van der Waals surface area contributed by atoms with Gasteiger partial charge in [-0.2, -0.15) is 4.98 Å². The molecule has 19 nitrogen and oxygen atoms in total. The van der Waals surface area contributed by atoms with Crippen molar-refractivity contribution < 1.29 is 33.3 Å². The Hall–Kier alpha value is -6.50. The lowest BCUT2D eigenvalue weighted by atomic mass is 9.78. The number of halogens is 1. The number of hydrogen-bond donors (Lipinski definition) is 3. The molecule has 376 valence electrons. The smallest absolute Gasteiger partial charge is 0.262 e. The molecule has 4 aliphatic heterocycles. The third-order valence-electron chi connectivity index (χ3n) is 15.0. The summed E-state index contributed by atoms with van der Waals surface area (Å²) in [7, 11) is 0.808. The molecule has 3 saturated heterocycles. The Bertz CT molecular complexity index is 3060. The summed E-state index contributed by atoms with van der Waals surface area (Å²) in [4.78, 5) is 92.9. The van der Waals surface area contributed by atoms with Crippen molar-refractivity contribution in [2.45, 2.75) is 70.0 Å². The molecule has 3 aromatic carbocycles. The lowest BCUT2D eigenvalue weighted by Gasteiger charge is -2.46. The molecule has 2 aromatic heterocycles. The van der Waals surface area contributed by atoms with Crippen LogP contribution >= 0.6 is 23.1 Å². The van der Waals surface area contributed by atoms with E-state index in [9.17, 15) is 28.5 Å². The number of fused-ring (bicyclic) bond motifs is 2. The number of ether oxygens (including phenoxy) is 1. The fourth-order valence-corrected chi connectivity index (χ4v) is 12.6. The van der Waals surface area contributed by atoms with Gasteiger partial charge < -0.3 is 34.6 Å². The molecule has 0 bridgehead atoms. The number of anilines is 6. The van der Waals surface area contributed by atoms with Gasteiger partial charge in [-0.25, -0.2) is 4.98 Å². The van der Waals surface area contributed by atoms with Crippen molar-refractivity contribution in [2.75, 3.05) is 87.2 Å². The number of carbonyl (C=O) groups excluding carboxylic acids is 5. The minimum atomic E-state index is -2.79. The average Bonchev–Trinajstić information content (AvgIpc) is 3.61. The normalized spacial score (nSPS) is 20.9. The minimum absolute atomic E-state index is 0.0651. The van der Waals surface area contributed by atoms with Crippen molar-refractivity contribution in [3.05, 3.63) is 82.2 Å². The van der Waals surface area contributed by atoms with E-state index in [4.69, 9.17) is 9.72 Å². The van der Waals surface area contributed by atoms with Crippen LogP contribution in [0.25, 0.3) is 11.0 Å². The van der Waals surface area contributed by atoms with Gasteiger partial charge in [0, 0.05) is 107 Å². The van der Waals surface area contributed by atoms with E-state index in [1.54, 1.807) is 57.2 Å². The highest BCUT2D eigenvalue weighted by molar-refractivity contribution is 9.10. The Morgan fingerprint density at radius 3 is 2.33 bits per heavy atom. The predicted octanol–water partition coefficient (Wildman–Crippen LogP) is 5.92. The maximum absolute atomic E-state index is 13.7. The van der Waals surface area contributed by atoms with Crippen LogP contribution in [0.15, 0.2) is 65.5 Å². The van der Waals surface area contributed by atoms with Gasteiger partial charge in [-0.05, 0) is 110 Å². The van der Waals surface area contributed by atoms with E-state index in [0.717, 1.165) is 67.4 Å². The van der Waals surface area contributed by atoms with Crippen molar-refractivity contribution >= 4 is 103 Å². The van der Waals surface area contributed by atoms with Gasteiger partial charge in [-0.15, -0.1) is 0 Å². The van der Waals surface area contributed by atoms with Gasteiger partial charge in [0.05, 0.1) is 44.9 Å². The summed E-state index contributed by atoms with van der Waals surface area (Å²) in [6.45, 7) is 10.4. The Balaban J connectivity index is 0.716. The zero-order valence-electron chi connectivity index (χ0n) is 41.0. The van der Waals surface area contributed by atoms with Gasteiger partial charge >= 0.3 is 0 Å². The van der Waals surface area contributed by atoms with Crippen LogP contribution in [0, 0.1) is 5.92 Å². The number of aryl methyl sites for hydroxylation is 1. The second-order valence-electron chi connectivity index (χ2n) is 19.6. The van der Waals surface area contributed by atoms with Crippen molar-refractivity contribution in [2.24, 2.45) is 5.92 Å². The van der Waals surface area contributed by atoms with E-state index in [0.29, 0.717) is 76.0 Å². The largest absolute Gasteiger partial charge is 0.494 e. The summed E-state index contributed by atoms with van der Waals surface area (Å²) in [5, 5.41) is 9.60. The number of benzene rings is 3. The molecule has 1 unspecified atom stereocenters. The zero-order valence-corrected chi connectivity index (χ0v) is 43.5. The molecule has 4 fully saturated rings. The second kappa shape index (κ2) is 19.8. The van der Waals surface area contributed by atoms with E-state index in [2.05, 4.69) is 80.6 Å². The molecule has 5 aromatic rings. The Kier molecular flexibility index (Phi) is 13.5. The van der Waals surface area contributed by atoms with Gasteiger partial charge in [0.15, 0.2) is 0 Å². The number of piperidine rings is 2. The highest BCUT2D eigenvalue weighted by atomic mass is 79.9. The third kappa shape index (κ3) is 9.39. The maximum Gasteiger partial charge on any atom is 0.262 e. The topological polar surface area (TPSA) is 216 Å². The molecule has 0 spiro atoms. The number of imide groups is 2. The quantitative estimate of drug-likeness (QED) is 0.0922. The van der Waals surface area contributed by atoms with Gasteiger partial charge in [0.25, 0.3) is 11.8 Å². The number of aromatic nitrogens is 4. The summed E-state index contributed by atoms with van der Waals surface area (Å²) in [5.74, 6) is -0.470. The predicted molar refractivity (Wildman–Crippen MR) is 279 cm³/mol. The first-order valence-electron chi connectivity index (χ1n) is 24.5. The van der Waals surface area contributed by atoms with E-state index in [-0.39, 0.29) is 41.8 Å². The Morgan fingerprint density at radius 2 is 1.62 bits per heavy atom. The summed E-state index contributed by atoms with van der Waals surface area (Å²) in [5.41, 5.74) is 6.18. The molecular weight excluding hydrogens is 1000 g/mol. The third-order valence-corrected chi connectivity index (χ3v) is 17.1. The number of piperazine rings is 1. The molecule has 0 radical (unpaired) electrons. The fourth-order valence-electron chi connectivity index (χ4n) is 10.9. The summed E-state index contributed by atoms with van der Waals surface area (Å²) in [6, 6.07) is 12.6. The summed E-state index contributed by atoms with van der Waals surface area (Å²) < 4.78 is 20.1. The number of amides is 5. The van der Waals surface area contributed by atoms with Gasteiger partial charge in [0.1, 0.15) is 30.3 Å². The molecule has 21 heteroatoms. The average molecular weight is 1060 g/mol. The fraction of sp³-hybridized carbons (Fsp3) is 0.431. The molecule has 1 atom stereocenters. The van der Waals surface area contributed by atoms with Crippen LogP contribution in [0.2, 0.25) is 0 Å². The first kappa shape index (κ1) is 49.1. The monoisotopic (exact) mass is 1060 g/mol. The highest BCUT2D eigenvalue weighted by Crippen LogP contribution is 2.43. The van der Waals surface area contributed by atoms with Gasteiger partial charge in [0.2, 0.25) is 23.7 Å². The van der Waals surface area contributed by atoms with E-state index in [1.165, 1.54) is 5.56 Å². The standard InChI is InChI=1S/C51H58BrN12O7P/c1-6-29-25-39(57-51-55-28-36(52)46(59-51)56-38-10-9-37-44(54-16-15-53-37)45(38)72(4,5)70)42(71-3)27-41(29)62-17-13-31(14-18-62)61-19-21-63(22-20-61)48(67)30-23-33(24-30)60(2)32-7-8-34-35(26-32)50(69)64(49(34)68)40-11-12-43(65)58-47(40)66/h7-10,15-16,25-28,30-31,33,40H,6,11-14,17-24H2,1-5H3,(H,58,65,66)(H2,55,56,57,59)/t30-,33-,40?. The number of methoxy groups -OCH3 is 1. The van der Waals surface area contributed by atoms with Crippen LogP contribution in [0.1, 0.15) is 71.7 Å². The minimum Gasteiger partial charge on any atom is -0.494 e. The van der Waals surface area contributed by atoms with Crippen LogP contribution in [0.5, 0.6) is 5.75 Å². The molecule has 72 heavy (non-hydrogen) atoms. The SMILES string of the molecule is CCc1cc(Nc2ncc(Br)c(Nc3ccc4nccnc4c3P(C)(C)=O)n2)c(OC)cc1N1CCC(N2CCN(C(=O)[C@H]3C[C@H](N(C)c4ccc5c(c4)C(=O)N(C4CCC(=O)NC4=O)C5=O)C3)CC2)CC1. The molecule has 5 amide bonds. The van der Waals surface area contributed by atoms with Crippen LogP contribution in [0.3, 0.4) is 0 Å². The molecule has 6 heterocycles. The van der Waals surface area contributed by atoms with Crippen LogP contribution in [-0.4, -0.2) is 149 Å². The number of rotatable bonds is 13. The van der Waals surface area contributed by atoms with Crippen LogP contribution in [0.4, 0.5) is 34.5 Å². The molecule has 10 rings (SSSR count). The van der Waals surface area contributed by atoms with Gasteiger partial charge in [-0.1, -0.05) is 6.92 Å². The van der Waals surface area contributed by atoms with Crippen molar-refractivity contribution in [3.63, 3.8) is 0 Å².